The van der Waals surface area contributed by atoms with Crippen LogP contribution < -0.4 is 0 Å². The minimum atomic E-state index is 0.357. The first kappa shape index (κ1) is 12.6. The van der Waals surface area contributed by atoms with Crippen molar-refractivity contribution in [2.24, 2.45) is 16.7 Å². The van der Waals surface area contributed by atoms with Gasteiger partial charge in [-0.2, -0.15) is 0 Å². The second-order valence-corrected chi connectivity index (χ2v) is 9.35. The van der Waals surface area contributed by atoms with Crippen LogP contribution in [0.15, 0.2) is 12.4 Å². The molecule has 4 bridgehead atoms. The summed E-state index contributed by atoms with van der Waals surface area (Å²) in [7, 11) is 2.17. The lowest BCUT2D eigenvalue weighted by molar-refractivity contribution is -0.154. The van der Waals surface area contributed by atoms with Crippen LogP contribution in [0.5, 0.6) is 0 Å². The van der Waals surface area contributed by atoms with E-state index in [4.69, 9.17) is 0 Å². The highest BCUT2D eigenvalue weighted by Crippen LogP contribution is 2.68. The van der Waals surface area contributed by atoms with Gasteiger partial charge in [-0.15, -0.1) is 0 Å². The Balaban J connectivity index is 1.73. The van der Waals surface area contributed by atoms with Gasteiger partial charge in [0.2, 0.25) is 0 Å². The second-order valence-electron chi connectivity index (χ2n) is 8.54. The Hall–Kier alpha value is -0.180. The van der Waals surface area contributed by atoms with Crippen molar-refractivity contribution in [3.05, 3.63) is 12.4 Å². The lowest BCUT2D eigenvalue weighted by Crippen LogP contribution is -2.65. The van der Waals surface area contributed by atoms with Crippen LogP contribution in [0, 0.1) is 16.7 Å². The average molecular weight is 325 g/mol. The van der Waals surface area contributed by atoms with Crippen LogP contribution in [0.3, 0.4) is 0 Å². The summed E-state index contributed by atoms with van der Waals surface area (Å²) in [6, 6.07) is 0. The molecule has 106 valence electrons. The number of halogens is 1. The van der Waals surface area contributed by atoms with Gasteiger partial charge in [-0.25, -0.2) is 0 Å². The summed E-state index contributed by atoms with van der Waals surface area (Å²) in [5.74, 6) is 0.963. The normalized spacial score (nSPS) is 55.4. The number of hydrogen-bond acceptors (Lipinski definition) is 2. The van der Waals surface area contributed by atoms with Gasteiger partial charge in [0.25, 0.3) is 0 Å². The van der Waals surface area contributed by atoms with Crippen molar-refractivity contribution in [3.63, 3.8) is 0 Å². The number of hydrogen-bond donors (Lipinski definition) is 0. The van der Waals surface area contributed by atoms with Crippen molar-refractivity contribution in [3.8, 4) is 0 Å². The minimum absolute atomic E-state index is 0.357. The van der Waals surface area contributed by atoms with Gasteiger partial charge >= 0.3 is 0 Å². The van der Waals surface area contributed by atoms with E-state index in [-0.39, 0.29) is 0 Å². The first-order chi connectivity index (χ1) is 8.83. The van der Waals surface area contributed by atoms with E-state index in [0.717, 1.165) is 5.92 Å². The van der Waals surface area contributed by atoms with Crippen molar-refractivity contribution >= 4 is 15.9 Å². The van der Waals surface area contributed by atoms with Crippen LogP contribution >= 0.6 is 15.9 Å². The van der Waals surface area contributed by atoms with E-state index >= 15 is 0 Å². The molecule has 0 aromatic carbocycles. The molecule has 0 spiro atoms. The second kappa shape index (κ2) is 3.52. The molecule has 3 atom stereocenters. The predicted octanol–water partition coefficient (Wildman–Crippen LogP) is 4.13. The molecule has 0 aromatic rings. The topological polar surface area (TPSA) is 6.48 Å². The van der Waals surface area contributed by atoms with Crippen LogP contribution in [0.2, 0.25) is 0 Å². The Morgan fingerprint density at radius 3 is 2.11 bits per heavy atom. The highest BCUT2D eigenvalue weighted by atomic mass is 79.9. The van der Waals surface area contributed by atoms with Gasteiger partial charge in [0.1, 0.15) is 0 Å². The van der Waals surface area contributed by atoms with Crippen molar-refractivity contribution in [1.82, 2.24) is 9.80 Å². The number of rotatable bonds is 1. The summed E-state index contributed by atoms with van der Waals surface area (Å²) in [4.78, 5) is 4.91. The zero-order valence-corrected chi connectivity index (χ0v) is 13.9. The summed E-state index contributed by atoms with van der Waals surface area (Å²) >= 11 is 3.89. The molecule has 0 saturated heterocycles. The van der Waals surface area contributed by atoms with Gasteiger partial charge in [0.05, 0.1) is 0 Å². The molecular formula is C16H25BrN2. The SMILES string of the molecule is CN1C=CN(C23CC4CC(C)(CC(C)(C4)C2)C3)C1Br. The molecule has 2 nitrogen and oxygen atoms in total. The maximum atomic E-state index is 3.89. The maximum Gasteiger partial charge on any atom is 0.159 e. The first-order valence-corrected chi connectivity index (χ1v) is 8.58. The van der Waals surface area contributed by atoms with Crippen molar-refractivity contribution in [2.75, 3.05) is 7.05 Å². The van der Waals surface area contributed by atoms with E-state index in [1.54, 1.807) is 0 Å². The molecule has 0 radical (unpaired) electrons. The lowest BCUT2D eigenvalue weighted by Gasteiger charge is -2.67. The molecule has 3 heteroatoms. The Morgan fingerprint density at radius 1 is 1.00 bits per heavy atom. The van der Waals surface area contributed by atoms with Gasteiger partial charge in [0, 0.05) is 25.0 Å². The largest absolute Gasteiger partial charge is 0.350 e. The van der Waals surface area contributed by atoms with E-state index in [1.807, 2.05) is 0 Å². The molecule has 4 aliphatic carbocycles. The average Bonchev–Trinajstić information content (AvgIpc) is 2.54. The molecule has 5 rings (SSSR count). The van der Waals surface area contributed by atoms with E-state index in [1.165, 1.54) is 38.5 Å². The third-order valence-electron chi connectivity index (χ3n) is 6.17. The molecule has 5 aliphatic rings. The first-order valence-electron chi connectivity index (χ1n) is 7.66. The highest BCUT2D eigenvalue weighted by Gasteiger charge is 2.62. The molecule has 1 heterocycles. The monoisotopic (exact) mass is 324 g/mol. The van der Waals surface area contributed by atoms with Crippen LogP contribution in [0.4, 0.5) is 0 Å². The van der Waals surface area contributed by atoms with E-state index < -0.39 is 0 Å². The Kier molecular flexibility index (Phi) is 2.33. The van der Waals surface area contributed by atoms with Gasteiger partial charge in [-0.3, -0.25) is 0 Å². The van der Waals surface area contributed by atoms with Gasteiger partial charge < -0.3 is 9.80 Å². The smallest absolute Gasteiger partial charge is 0.159 e. The Labute approximate surface area is 125 Å². The maximum absolute atomic E-state index is 3.89. The molecule has 4 fully saturated rings. The lowest BCUT2D eigenvalue weighted by atomic mass is 9.42. The zero-order valence-electron chi connectivity index (χ0n) is 12.3. The van der Waals surface area contributed by atoms with Crippen molar-refractivity contribution in [1.29, 1.82) is 0 Å². The standard InChI is InChI=1S/C16H25BrN2/c1-14-6-12-7-15(2,9-14)11-16(8-12,10-14)19-5-4-18(3)13(19)17/h4-5,12-13H,6-11H2,1-3H3. The fourth-order valence-corrected chi connectivity index (χ4v) is 7.28. The summed E-state index contributed by atoms with van der Waals surface area (Å²) in [6.45, 7) is 5.11. The van der Waals surface area contributed by atoms with Crippen LogP contribution in [-0.2, 0) is 0 Å². The zero-order chi connectivity index (χ0) is 13.5. The van der Waals surface area contributed by atoms with Gasteiger partial charge in [0.15, 0.2) is 5.08 Å². The summed E-state index contributed by atoms with van der Waals surface area (Å²) in [6.07, 6.45) is 13.2. The molecule has 19 heavy (non-hydrogen) atoms. The van der Waals surface area contributed by atoms with Crippen LogP contribution in [-0.4, -0.2) is 27.5 Å². The summed E-state index contributed by atoms with van der Waals surface area (Å²) < 4.78 is 0. The fraction of sp³-hybridized carbons (Fsp3) is 0.875. The minimum Gasteiger partial charge on any atom is -0.350 e. The molecule has 3 unspecified atom stereocenters. The quantitative estimate of drug-likeness (QED) is 0.528. The number of nitrogens with zero attached hydrogens (tertiary/aromatic N) is 2. The molecule has 1 aliphatic heterocycles. The summed E-state index contributed by atoms with van der Waals surface area (Å²) in [5.41, 5.74) is 1.60. The molecular weight excluding hydrogens is 300 g/mol. The molecule has 0 aromatic heterocycles. The third-order valence-corrected chi connectivity index (χ3v) is 7.26. The van der Waals surface area contributed by atoms with E-state index in [0.29, 0.717) is 21.4 Å². The Morgan fingerprint density at radius 2 is 1.63 bits per heavy atom. The summed E-state index contributed by atoms with van der Waals surface area (Å²) in [5, 5.41) is 0.357. The van der Waals surface area contributed by atoms with Crippen LogP contribution in [0.25, 0.3) is 0 Å². The fourth-order valence-electron chi connectivity index (χ4n) is 6.57. The van der Waals surface area contributed by atoms with Gasteiger partial charge in [-0.05, 0) is 71.2 Å². The van der Waals surface area contributed by atoms with E-state index in [9.17, 15) is 0 Å². The Bertz CT molecular complexity index is 428. The van der Waals surface area contributed by atoms with Crippen molar-refractivity contribution in [2.45, 2.75) is 63.0 Å². The highest BCUT2D eigenvalue weighted by molar-refractivity contribution is 9.09. The van der Waals surface area contributed by atoms with Crippen molar-refractivity contribution < 1.29 is 0 Å². The third kappa shape index (κ3) is 1.66. The molecule has 0 N–H and O–H groups in total. The molecule has 4 saturated carbocycles. The van der Waals surface area contributed by atoms with Crippen LogP contribution in [0.1, 0.15) is 52.4 Å². The number of alkyl halides is 1. The predicted molar refractivity (Wildman–Crippen MR) is 81.6 cm³/mol. The van der Waals surface area contributed by atoms with E-state index in [2.05, 4.69) is 59.0 Å². The van der Waals surface area contributed by atoms with Gasteiger partial charge in [-0.1, -0.05) is 13.8 Å². The molecule has 0 amide bonds.